The van der Waals surface area contributed by atoms with E-state index in [9.17, 15) is 0 Å². The first-order chi connectivity index (χ1) is 27.0. The van der Waals surface area contributed by atoms with Gasteiger partial charge in [-0.05, 0) is 115 Å². The molecule has 1 aromatic heterocycles. The minimum absolute atomic E-state index is 0.109. The van der Waals surface area contributed by atoms with Crippen LogP contribution in [0, 0.1) is 0 Å². The summed E-state index contributed by atoms with van der Waals surface area (Å²) in [4.78, 5) is 2.42. The predicted molar refractivity (Wildman–Crippen MR) is 232 cm³/mol. The van der Waals surface area contributed by atoms with Gasteiger partial charge in [0.1, 0.15) is 11.2 Å². The lowest BCUT2D eigenvalue weighted by atomic mass is 9.82. The van der Waals surface area contributed by atoms with Gasteiger partial charge in [0.25, 0.3) is 0 Å². The van der Waals surface area contributed by atoms with Crippen molar-refractivity contribution in [3.8, 4) is 33.4 Å². The number of nitrogens with zero attached hydrogens (tertiary/aromatic N) is 1. The van der Waals surface area contributed by atoms with Crippen LogP contribution in [0.1, 0.15) is 25.0 Å². The highest BCUT2D eigenvalue weighted by atomic mass is 16.3. The van der Waals surface area contributed by atoms with Crippen molar-refractivity contribution in [3.05, 3.63) is 199 Å². The molecule has 0 amide bonds. The van der Waals surface area contributed by atoms with Crippen molar-refractivity contribution in [2.24, 2.45) is 0 Å². The number of hydrogen-bond acceptors (Lipinski definition) is 2. The van der Waals surface area contributed by atoms with Crippen molar-refractivity contribution >= 4 is 60.5 Å². The van der Waals surface area contributed by atoms with Gasteiger partial charge in [-0.2, -0.15) is 0 Å². The van der Waals surface area contributed by atoms with Crippen LogP contribution in [0.4, 0.5) is 17.1 Å². The molecular weight excluding hydrogens is 667 g/mol. The third-order valence-electron chi connectivity index (χ3n) is 11.9. The fourth-order valence-corrected chi connectivity index (χ4v) is 9.19. The standard InChI is InChI=1S/C53H37NO/c1-53(2)48-22-7-5-17-44(48)45-29-28-39(33-49(45)53)54(38-15-9-14-36(32-38)42-19-10-13-34-12-3-4-16-40(34)42)37-26-24-35(25-27-37)41-20-11-21-46-43(41)30-31-51-52(46)47-18-6-8-23-50(47)55-51/h3-33H,1-2H3. The summed E-state index contributed by atoms with van der Waals surface area (Å²) in [7, 11) is 0. The molecule has 0 spiro atoms. The van der Waals surface area contributed by atoms with Gasteiger partial charge in [0.15, 0.2) is 0 Å². The quantitative estimate of drug-likeness (QED) is 0.177. The number of benzene rings is 9. The molecule has 0 bridgehead atoms. The van der Waals surface area contributed by atoms with E-state index in [4.69, 9.17) is 4.42 Å². The fourth-order valence-electron chi connectivity index (χ4n) is 9.19. The van der Waals surface area contributed by atoms with Crippen LogP contribution in [-0.2, 0) is 5.41 Å². The molecule has 1 aliphatic rings. The van der Waals surface area contributed by atoms with Gasteiger partial charge < -0.3 is 9.32 Å². The number of anilines is 3. The minimum Gasteiger partial charge on any atom is -0.456 e. The third-order valence-corrected chi connectivity index (χ3v) is 11.9. The van der Waals surface area contributed by atoms with Gasteiger partial charge >= 0.3 is 0 Å². The zero-order valence-electron chi connectivity index (χ0n) is 30.8. The second-order valence-corrected chi connectivity index (χ2v) is 15.3. The number of fused-ring (bicyclic) bond motifs is 9. The molecule has 0 radical (unpaired) electrons. The Labute approximate surface area is 320 Å². The van der Waals surface area contributed by atoms with Crippen molar-refractivity contribution in [2.75, 3.05) is 4.90 Å². The van der Waals surface area contributed by atoms with Crippen LogP contribution in [0.2, 0.25) is 0 Å². The largest absolute Gasteiger partial charge is 0.456 e. The van der Waals surface area contributed by atoms with Crippen LogP contribution in [-0.4, -0.2) is 0 Å². The maximum absolute atomic E-state index is 6.24. The normalized spacial score (nSPS) is 13.1. The Balaban J connectivity index is 1.06. The average Bonchev–Trinajstić information content (AvgIpc) is 3.73. The smallest absolute Gasteiger partial charge is 0.136 e. The average molecular weight is 704 g/mol. The van der Waals surface area contributed by atoms with Gasteiger partial charge in [-0.3, -0.25) is 0 Å². The topological polar surface area (TPSA) is 16.4 Å². The molecule has 0 aliphatic heterocycles. The Bertz CT molecular complexity index is 3120. The van der Waals surface area contributed by atoms with E-state index in [1.165, 1.54) is 71.4 Å². The zero-order valence-corrected chi connectivity index (χ0v) is 30.8. The van der Waals surface area contributed by atoms with Gasteiger partial charge in [-0.25, -0.2) is 0 Å². The molecule has 0 atom stereocenters. The number of hydrogen-bond donors (Lipinski definition) is 0. The van der Waals surface area contributed by atoms with Gasteiger partial charge in [-0.1, -0.05) is 153 Å². The molecule has 10 aromatic rings. The third kappa shape index (κ3) is 4.88. The summed E-state index contributed by atoms with van der Waals surface area (Å²) in [5, 5.41) is 7.24. The molecule has 9 aromatic carbocycles. The van der Waals surface area contributed by atoms with E-state index in [0.717, 1.165) is 33.6 Å². The Hall–Kier alpha value is -6.90. The highest BCUT2D eigenvalue weighted by molar-refractivity contribution is 6.21. The van der Waals surface area contributed by atoms with E-state index in [1.807, 2.05) is 12.1 Å². The summed E-state index contributed by atoms with van der Waals surface area (Å²) in [5.74, 6) is 0. The minimum atomic E-state index is -0.109. The van der Waals surface area contributed by atoms with Crippen molar-refractivity contribution in [2.45, 2.75) is 19.3 Å². The highest BCUT2D eigenvalue weighted by Crippen LogP contribution is 2.51. The second-order valence-electron chi connectivity index (χ2n) is 15.3. The maximum Gasteiger partial charge on any atom is 0.136 e. The van der Waals surface area contributed by atoms with E-state index in [-0.39, 0.29) is 5.41 Å². The lowest BCUT2D eigenvalue weighted by Crippen LogP contribution is -2.16. The molecule has 0 unspecified atom stereocenters. The molecule has 2 heteroatoms. The fraction of sp³-hybridized carbons (Fsp3) is 0.0566. The lowest BCUT2D eigenvalue weighted by molar-refractivity contribution is 0.660. The lowest BCUT2D eigenvalue weighted by Gasteiger charge is -2.28. The van der Waals surface area contributed by atoms with Crippen LogP contribution in [0.15, 0.2) is 192 Å². The molecule has 0 N–H and O–H groups in total. The van der Waals surface area contributed by atoms with Gasteiger partial charge in [0.05, 0.1) is 0 Å². The van der Waals surface area contributed by atoms with Crippen LogP contribution in [0.5, 0.6) is 0 Å². The summed E-state index contributed by atoms with van der Waals surface area (Å²) < 4.78 is 6.24. The number of furan rings is 1. The molecule has 0 fully saturated rings. The van der Waals surface area contributed by atoms with E-state index in [0.29, 0.717) is 0 Å². The van der Waals surface area contributed by atoms with Crippen molar-refractivity contribution in [1.82, 2.24) is 0 Å². The summed E-state index contributed by atoms with van der Waals surface area (Å²) in [5.41, 5.74) is 15.3. The Morgan fingerprint density at radius 3 is 1.91 bits per heavy atom. The van der Waals surface area contributed by atoms with Gasteiger partial charge in [-0.15, -0.1) is 0 Å². The Morgan fingerprint density at radius 2 is 1.02 bits per heavy atom. The summed E-state index contributed by atoms with van der Waals surface area (Å²) in [6.07, 6.45) is 0. The zero-order chi connectivity index (χ0) is 36.7. The summed E-state index contributed by atoms with van der Waals surface area (Å²) in [6, 6.07) is 68.5. The number of rotatable bonds is 5. The van der Waals surface area contributed by atoms with Crippen molar-refractivity contribution in [3.63, 3.8) is 0 Å². The van der Waals surface area contributed by atoms with Gasteiger partial charge in [0, 0.05) is 33.2 Å². The maximum atomic E-state index is 6.24. The molecular formula is C53H37NO. The Morgan fingerprint density at radius 1 is 0.382 bits per heavy atom. The second kappa shape index (κ2) is 12.1. The van der Waals surface area contributed by atoms with Crippen molar-refractivity contribution in [1.29, 1.82) is 0 Å². The van der Waals surface area contributed by atoms with E-state index >= 15 is 0 Å². The van der Waals surface area contributed by atoms with Gasteiger partial charge in [0.2, 0.25) is 0 Å². The number of para-hydroxylation sites is 1. The predicted octanol–water partition coefficient (Wildman–Crippen LogP) is 15.0. The van der Waals surface area contributed by atoms with Crippen LogP contribution < -0.4 is 4.90 Å². The molecule has 55 heavy (non-hydrogen) atoms. The van der Waals surface area contributed by atoms with Crippen LogP contribution >= 0.6 is 0 Å². The highest BCUT2D eigenvalue weighted by Gasteiger charge is 2.35. The van der Waals surface area contributed by atoms with Crippen LogP contribution in [0.3, 0.4) is 0 Å². The summed E-state index contributed by atoms with van der Waals surface area (Å²) in [6.45, 7) is 4.71. The monoisotopic (exact) mass is 703 g/mol. The van der Waals surface area contributed by atoms with Crippen LogP contribution in [0.25, 0.3) is 76.9 Å². The molecule has 2 nitrogen and oxygen atoms in total. The molecule has 1 heterocycles. The summed E-state index contributed by atoms with van der Waals surface area (Å²) >= 11 is 0. The molecule has 1 aliphatic carbocycles. The Kier molecular flexibility index (Phi) is 6.93. The SMILES string of the molecule is CC1(C)c2ccccc2-c2ccc(N(c3ccc(-c4cccc5c4ccc4oc6ccccc6c45)cc3)c3cccc(-c4cccc5ccccc45)c3)cc21. The van der Waals surface area contributed by atoms with E-state index in [1.54, 1.807) is 0 Å². The first-order valence-corrected chi connectivity index (χ1v) is 19.1. The molecule has 0 saturated heterocycles. The van der Waals surface area contributed by atoms with Crippen molar-refractivity contribution < 1.29 is 4.42 Å². The molecule has 0 saturated carbocycles. The van der Waals surface area contributed by atoms with E-state index in [2.05, 4.69) is 195 Å². The first-order valence-electron chi connectivity index (χ1n) is 19.1. The molecule has 11 rings (SSSR count). The van der Waals surface area contributed by atoms with E-state index < -0.39 is 0 Å². The molecule has 260 valence electrons. The first kappa shape index (κ1) is 31.6.